The summed E-state index contributed by atoms with van der Waals surface area (Å²) in [5.74, 6) is -0.301. The molecule has 3 aromatic heterocycles. The minimum absolute atomic E-state index is 0.211. The van der Waals surface area contributed by atoms with Crippen molar-refractivity contribution in [3.8, 4) is 6.01 Å². The Labute approximate surface area is 184 Å². The van der Waals surface area contributed by atoms with E-state index in [1.54, 1.807) is 41.4 Å². The second-order valence-corrected chi connectivity index (χ2v) is 8.03. The Hall–Kier alpha value is -3.79. The first-order valence-corrected chi connectivity index (χ1v) is 10.5. The van der Waals surface area contributed by atoms with E-state index in [0.717, 1.165) is 24.2 Å². The smallest absolute Gasteiger partial charge is 0.316 e. The molecule has 10 nitrogen and oxygen atoms in total. The van der Waals surface area contributed by atoms with E-state index in [-0.39, 0.29) is 11.9 Å². The average molecular weight is 432 g/mol. The highest BCUT2D eigenvalue weighted by atomic mass is 16.5. The van der Waals surface area contributed by atoms with Crippen molar-refractivity contribution < 1.29 is 9.53 Å². The van der Waals surface area contributed by atoms with Crippen LogP contribution in [0.1, 0.15) is 24.2 Å². The maximum absolute atomic E-state index is 13.3. The summed E-state index contributed by atoms with van der Waals surface area (Å²) in [6.45, 7) is 6.03. The number of hydrogen-bond donors (Lipinski definition) is 2. The maximum Gasteiger partial charge on any atom is 0.316 e. The van der Waals surface area contributed by atoms with Crippen molar-refractivity contribution in [2.45, 2.75) is 25.9 Å². The molecule has 10 heteroatoms. The van der Waals surface area contributed by atoms with E-state index in [1.165, 1.54) is 7.11 Å². The number of hydrogen-bond acceptors (Lipinski definition) is 8. The van der Waals surface area contributed by atoms with Gasteiger partial charge in [-0.1, -0.05) is 0 Å². The number of anilines is 2. The summed E-state index contributed by atoms with van der Waals surface area (Å²) in [7, 11) is 1.51. The fraction of sp³-hybridized carbons (Fsp3) is 0.318. The van der Waals surface area contributed by atoms with Crippen LogP contribution < -0.4 is 20.3 Å². The molecule has 5 rings (SSSR count). The molecule has 0 radical (unpaired) electrons. The first-order chi connectivity index (χ1) is 15.5. The first kappa shape index (κ1) is 20.1. The molecule has 1 saturated heterocycles. The van der Waals surface area contributed by atoms with Crippen molar-refractivity contribution >= 4 is 33.8 Å². The molecule has 0 saturated carbocycles. The summed E-state index contributed by atoms with van der Waals surface area (Å²) >= 11 is 0. The number of nitrogens with one attached hydrogen (secondary N) is 2. The van der Waals surface area contributed by atoms with Gasteiger partial charge in [0, 0.05) is 54.8 Å². The van der Waals surface area contributed by atoms with E-state index in [1.807, 2.05) is 6.07 Å². The Bertz CT molecular complexity index is 1290. The van der Waals surface area contributed by atoms with Crippen molar-refractivity contribution in [2.24, 2.45) is 0 Å². The summed E-state index contributed by atoms with van der Waals surface area (Å²) in [4.78, 5) is 28.7. The third-order valence-corrected chi connectivity index (χ3v) is 5.56. The van der Waals surface area contributed by atoms with Gasteiger partial charge in [-0.3, -0.25) is 4.79 Å². The number of fused-ring (bicyclic) bond motifs is 2. The van der Waals surface area contributed by atoms with Gasteiger partial charge in [-0.25, -0.2) is 14.5 Å². The van der Waals surface area contributed by atoms with E-state index in [2.05, 4.69) is 49.4 Å². The number of aromatic nitrogens is 5. The highest BCUT2D eigenvalue weighted by Crippen LogP contribution is 2.31. The predicted octanol–water partition coefficient (Wildman–Crippen LogP) is 2.12. The Kier molecular flexibility index (Phi) is 5.06. The number of carbonyl (C=O) groups excluding carboxylic acids is 1. The van der Waals surface area contributed by atoms with Gasteiger partial charge >= 0.3 is 6.01 Å². The Morgan fingerprint density at radius 2 is 2.00 bits per heavy atom. The van der Waals surface area contributed by atoms with Gasteiger partial charge in [-0.05, 0) is 32.0 Å². The zero-order valence-electron chi connectivity index (χ0n) is 18.1. The van der Waals surface area contributed by atoms with E-state index in [9.17, 15) is 4.79 Å². The number of nitrogens with zero attached hydrogens (tertiary/aromatic N) is 6. The number of ether oxygens (including phenoxy) is 1. The molecule has 2 atom stereocenters. The Morgan fingerprint density at radius 3 is 2.78 bits per heavy atom. The van der Waals surface area contributed by atoms with Crippen LogP contribution in [0.4, 0.5) is 11.4 Å². The van der Waals surface area contributed by atoms with Gasteiger partial charge in [-0.2, -0.15) is 10.1 Å². The van der Waals surface area contributed by atoms with Crippen LogP contribution in [-0.4, -0.2) is 62.8 Å². The van der Waals surface area contributed by atoms with Crippen molar-refractivity contribution in [3.63, 3.8) is 0 Å². The first-order valence-electron chi connectivity index (χ1n) is 10.5. The largest absolute Gasteiger partial charge is 0.467 e. The van der Waals surface area contributed by atoms with Crippen molar-refractivity contribution in [1.82, 2.24) is 29.9 Å². The van der Waals surface area contributed by atoms with Gasteiger partial charge < -0.3 is 20.3 Å². The van der Waals surface area contributed by atoms with Crippen LogP contribution in [-0.2, 0) is 0 Å². The number of benzene rings is 1. The number of carbonyl (C=O) groups is 1. The predicted molar refractivity (Wildman–Crippen MR) is 121 cm³/mol. The van der Waals surface area contributed by atoms with Gasteiger partial charge in [0.1, 0.15) is 5.69 Å². The van der Waals surface area contributed by atoms with E-state index in [0.29, 0.717) is 34.5 Å². The van der Waals surface area contributed by atoms with Crippen LogP contribution in [0.15, 0.2) is 43.0 Å². The molecule has 32 heavy (non-hydrogen) atoms. The van der Waals surface area contributed by atoms with Crippen molar-refractivity contribution in [3.05, 3.63) is 48.5 Å². The van der Waals surface area contributed by atoms with Crippen molar-refractivity contribution in [2.75, 3.05) is 30.4 Å². The lowest BCUT2D eigenvalue weighted by Gasteiger charge is -2.38. The normalized spacial score (nSPS) is 18.8. The quantitative estimate of drug-likeness (QED) is 0.505. The molecule has 0 spiro atoms. The maximum atomic E-state index is 13.3. The molecule has 1 aromatic carbocycles. The fourth-order valence-electron chi connectivity index (χ4n) is 4.28. The molecule has 4 aromatic rings. The number of rotatable bonds is 4. The van der Waals surface area contributed by atoms with E-state index < -0.39 is 0 Å². The summed E-state index contributed by atoms with van der Waals surface area (Å²) < 4.78 is 6.85. The molecule has 0 bridgehead atoms. The fourth-order valence-corrected chi connectivity index (χ4v) is 4.28. The molecule has 2 unspecified atom stereocenters. The molecule has 0 aliphatic carbocycles. The molecule has 1 aliphatic heterocycles. The van der Waals surface area contributed by atoms with Gasteiger partial charge in [0.05, 0.1) is 24.4 Å². The molecule has 1 fully saturated rings. The Balaban J connectivity index is 1.56. The molecule has 1 amide bonds. The van der Waals surface area contributed by atoms with Crippen LogP contribution in [0.5, 0.6) is 6.01 Å². The Morgan fingerprint density at radius 1 is 1.19 bits per heavy atom. The SMILES string of the molecule is COc1ncc2c(N3CC(C)NC(C)C3)ccc(C(=O)Nc3cnn4cccnc34)c2n1. The lowest BCUT2D eigenvalue weighted by atomic mass is 10.0. The molecule has 164 valence electrons. The van der Waals surface area contributed by atoms with Crippen LogP contribution >= 0.6 is 0 Å². The number of amides is 1. The zero-order chi connectivity index (χ0) is 22.2. The molecular weight excluding hydrogens is 408 g/mol. The molecule has 4 heterocycles. The van der Waals surface area contributed by atoms with Gasteiger partial charge in [0.2, 0.25) is 0 Å². The van der Waals surface area contributed by atoms with Gasteiger partial charge in [-0.15, -0.1) is 0 Å². The highest BCUT2D eigenvalue weighted by molar-refractivity contribution is 6.14. The second-order valence-electron chi connectivity index (χ2n) is 8.03. The van der Waals surface area contributed by atoms with Crippen LogP contribution in [0, 0.1) is 0 Å². The topological polar surface area (TPSA) is 110 Å². The van der Waals surface area contributed by atoms with E-state index in [4.69, 9.17) is 4.74 Å². The summed E-state index contributed by atoms with van der Waals surface area (Å²) in [5.41, 5.74) is 3.06. The number of methoxy groups -OCH3 is 1. The van der Waals surface area contributed by atoms with Crippen molar-refractivity contribution in [1.29, 1.82) is 0 Å². The zero-order valence-corrected chi connectivity index (χ0v) is 18.1. The molecular formula is C22H24N8O2. The van der Waals surface area contributed by atoms with Gasteiger partial charge in [0.25, 0.3) is 5.91 Å². The third kappa shape index (κ3) is 3.58. The van der Waals surface area contributed by atoms with Gasteiger partial charge in [0.15, 0.2) is 5.65 Å². The van der Waals surface area contributed by atoms with E-state index >= 15 is 0 Å². The highest BCUT2D eigenvalue weighted by Gasteiger charge is 2.25. The summed E-state index contributed by atoms with van der Waals surface area (Å²) in [6, 6.07) is 6.45. The minimum Gasteiger partial charge on any atom is -0.467 e. The van der Waals surface area contributed by atoms with Crippen LogP contribution in [0.3, 0.4) is 0 Å². The lowest BCUT2D eigenvalue weighted by molar-refractivity contribution is 0.102. The summed E-state index contributed by atoms with van der Waals surface area (Å²) in [5, 5.41) is 11.5. The lowest BCUT2D eigenvalue weighted by Crippen LogP contribution is -2.54. The average Bonchev–Trinajstić information content (AvgIpc) is 3.20. The standard InChI is InChI=1S/C22H24N8O2/c1-13-11-29(12-14(2)26-13)18-6-5-15(19-16(18)9-24-22(28-19)32-3)21(31)27-17-10-25-30-8-4-7-23-20(17)30/h4-10,13-14,26H,11-12H2,1-3H3,(H,27,31). The molecule has 1 aliphatic rings. The third-order valence-electron chi connectivity index (χ3n) is 5.56. The monoisotopic (exact) mass is 432 g/mol. The molecule has 2 N–H and O–H groups in total. The summed E-state index contributed by atoms with van der Waals surface area (Å²) in [6.07, 6.45) is 6.73. The minimum atomic E-state index is -0.301. The van der Waals surface area contributed by atoms with Crippen LogP contribution in [0.2, 0.25) is 0 Å². The number of piperazine rings is 1. The van der Waals surface area contributed by atoms with Crippen LogP contribution in [0.25, 0.3) is 16.6 Å². The second kappa shape index (κ2) is 8.04.